The highest BCUT2D eigenvalue weighted by molar-refractivity contribution is 5.93. The maximum Gasteiger partial charge on any atom is 0.338 e. The van der Waals surface area contributed by atoms with E-state index in [0.29, 0.717) is 24.3 Å². The fraction of sp³-hybridized carbons (Fsp3) is 0.636. The maximum absolute atomic E-state index is 12.0. The van der Waals surface area contributed by atoms with Crippen molar-refractivity contribution in [1.29, 1.82) is 0 Å². The van der Waals surface area contributed by atoms with E-state index in [0.717, 1.165) is 51.9 Å². The summed E-state index contributed by atoms with van der Waals surface area (Å²) in [6.07, 6.45) is 3.68. The molecule has 0 N–H and O–H groups in total. The van der Waals surface area contributed by atoms with Crippen molar-refractivity contribution in [3.05, 3.63) is 35.4 Å². The Labute approximate surface area is 169 Å². The number of nitrogens with zero attached hydrogens (tertiary/aromatic N) is 2. The first-order valence-corrected chi connectivity index (χ1v) is 10.3. The molecule has 6 heteroatoms. The van der Waals surface area contributed by atoms with Crippen molar-refractivity contribution in [2.45, 2.75) is 39.5 Å². The molecule has 6 nitrogen and oxygen atoms in total. The van der Waals surface area contributed by atoms with Gasteiger partial charge in [0, 0.05) is 0 Å². The second kappa shape index (κ2) is 14.1. The minimum Gasteiger partial charge on any atom is -0.462 e. The largest absolute Gasteiger partial charge is 0.462 e. The summed E-state index contributed by atoms with van der Waals surface area (Å²) in [6, 6.07) is 6.44. The molecular weight excluding hydrogens is 356 g/mol. The minimum absolute atomic E-state index is 0.358. The van der Waals surface area contributed by atoms with Gasteiger partial charge in [-0.2, -0.15) is 0 Å². The Morgan fingerprint density at radius 1 is 0.714 bits per heavy atom. The number of rotatable bonds is 14. The molecule has 0 amide bonds. The molecule has 1 aromatic carbocycles. The van der Waals surface area contributed by atoms with E-state index in [9.17, 15) is 9.59 Å². The fourth-order valence-electron chi connectivity index (χ4n) is 2.52. The Kier molecular flexibility index (Phi) is 12.2. The number of esters is 2. The molecule has 0 atom stereocenters. The zero-order valence-corrected chi connectivity index (χ0v) is 17.9. The van der Waals surface area contributed by atoms with Crippen LogP contribution in [0, 0.1) is 0 Å². The number of carbonyl (C=O) groups excluding carboxylic acids is 2. The third-order valence-electron chi connectivity index (χ3n) is 4.77. The number of unbranched alkanes of at least 4 members (excludes halogenated alkanes) is 2. The molecule has 1 rings (SSSR count). The van der Waals surface area contributed by atoms with Gasteiger partial charge in [-0.25, -0.2) is 9.59 Å². The molecule has 0 bridgehead atoms. The standard InChI is InChI=1S/C22H36N2O4/c1-5-23(3)15-7-9-17-27-21(25)19-11-13-20(14-12-19)22(26)28-18-10-8-16-24(4)6-2/h11-14H,5-10,15-18H2,1-4H3. The van der Waals surface area contributed by atoms with Gasteiger partial charge in [-0.1, -0.05) is 13.8 Å². The first-order valence-electron chi connectivity index (χ1n) is 10.3. The van der Waals surface area contributed by atoms with Gasteiger partial charge in [0.25, 0.3) is 0 Å². The minimum atomic E-state index is -0.358. The van der Waals surface area contributed by atoms with Crippen molar-refractivity contribution in [3.63, 3.8) is 0 Å². The van der Waals surface area contributed by atoms with Crippen molar-refractivity contribution >= 4 is 11.9 Å². The first-order chi connectivity index (χ1) is 13.5. The van der Waals surface area contributed by atoms with E-state index in [1.807, 2.05) is 0 Å². The Hall–Kier alpha value is -1.92. The molecule has 0 saturated heterocycles. The molecule has 28 heavy (non-hydrogen) atoms. The van der Waals surface area contributed by atoms with Crippen LogP contribution in [-0.4, -0.2) is 75.2 Å². The molecule has 1 aromatic rings. The number of ether oxygens (including phenoxy) is 2. The van der Waals surface area contributed by atoms with Crippen LogP contribution in [-0.2, 0) is 9.47 Å². The highest BCUT2D eigenvalue weighted by atomic mass is 16.5. The van der Waals surface area contributed by atoms with Crippen molar-refractivity contribution in [3.8, 4) is 0 Å². The van der Waals surface area contributed by atoms with Crippen LogP contribution in [0.3, 0.4) is 0 Å². The van der Waals surface area contributed by atoms with E-state index in [2.05, 4.69) is 37.7 Å². The number of hydrogen-bond donors (Lipinski definition) is 0. The lowest BCUT2D eigenvalue weighted by Gasteiger charge is -2.13. The molecule has 0 spiro atoms. The van der Waals surface area contributed by atoms with Gasteiger partial charge in [0.05, 0.1) is 24.3 Å². The van der Waals surface area contributed by atoms with Crippen molar-refractivity contribution in [2.75, 3.05) is 53.5 Å². The lowest BCUT2D eigenvalue weighted by Crippen LogP contribution is -2.19. The lowest BCUT2D eigenvalue weighted by atomic mass is 10.1. The fourth-order valence-corrected chi connectivity index (χ4v) is 2.52. The molecule has 0 aliphatic rings. The molecule has 0 saturated carbocycles. The van der Waals surface area contributed by atoms with E-state index in [4.69, 9.17) is 9.47 Å². The van der Waals surface area contributed by atoms with E-state index in [1.165, 1.54) is 0 Å². The first kappa shape index (κ1) is 24.1. The van der Waals surface area contributed by atoms with Crippen LogP contribution in [0.4, 0.5) is 0 Å². The van der Waals surface area contributed by atoms with E-state index in [1.54, 1.807) is 24.3 Å². The summed E-state index contributed by atoms with van der Waals surface area (Å²) < 4.78 is 10.6. The number of hydrogen-bond acceptors (Lipinski definition) is 6. The van der Waals surface area contributed by atoms with Gasteiger partial charge in [0.15, 0.2) is 0 Å². The predicted octanol–water partition coefficient (Wildman–Crippen LogP) is 3.46. The van der Waals surface area contributed by atoms with Crippen molar-refractivity contribution in [2.24, 2.45) is 0 Å². The Bertz CT molecular complexity index is 523. The van der Waals surface area contributed by atoms with Gasteiger partial charge in [-0.15, -0.1) is 0 Å². The average molecular weight is 393 g/mol. The van der Waals surface area contributed by atoms with Crippen molar-refractivity contribution < 1.29 is 19.1 Å². The SMILES string of the molecule is CCN(C)CCCCOC(=O)c1ccc(C(=O)OCCCCN(C)CC)cc1. The van der Waals surface area contributed by atoms with E-state index in [-0.39, 0.29) is 11.9 Å². The number of carbonyl (C=O) groups is 2. The highest BCUT2D eigenvalue weighted by Gasteiger charge is 2.11. The Balaban J connectivity index is 2.27. The molecule has 0 fully saturated rings. The smallest absolute Gasteiger partial charge is 0.338 e. The van der Waals surface area contributed by atoms with Crippen LogP contribution in [0.25, 0.3) is 0 Å². The van der Waals surface area contributed by atoms with Gasteiger partial charge in [0.2, 0.25) is 0 Å². The zero-order chi connectivity index (χ0) is 20.8. The topological polar surface area (TPSA) is 59.1 Å². The summed E-state index contributed by atoms with van der Waals surface area (Å²) >= 11 is 0. The van der Waals surface area contributed by atoms with Gasteiger partial charge in [0.1, 0.15) is 0 Å². The summed E-state index contributed by atoms with van der Waals surface area (Å²) in [5.74, 6) is -0.715. The molecule has 0 aliphatic carbocycles. The normalized spacial score (nSPS) is 11.1. The van der Waals surface area contributed by atoms with Crippen LogP contribution in [0.2, 0.25) is 0 Å². The summed E-state index contributed by atoms with van der Waals surface area (Å²) in [4.78, 5) is 28.6. The molecular formula is C22H36N2O4. The highest BCUT2D eigenvalue weighted by Crippen LogP contribution is 2.09. The summed E-state index contributed by atoms with van der Waals surface area (Å²) in [5.41, 5.74) is 0.898. The van der Waals surface area contributed by atoms with Gasteiger partial charge in [-0.05, 0) is 90.2 Å². The predicted molar refractivity (Wildman–Crippen MR) is 112 cm³/mol. The molecule has 0 aliphatic heterocycles. The summed E-state index contributed by atoms with van der Waals surface area (Å²) in [7, 11) is 4.15. The second-order valence-corrected chi connectivity index (χ2v) is 7.06. The Morgan fingerprint density at radius 3 is 1.39 bits per heavy atom. The number of benzene rings is 1. The molecule has 0 unspecified atom stereocenters. The maximum atomic E-state index is 12.0. The third-order valence-corrected chi connectivity index (χ3v) is 4.77. The van der Waals surface area contributed by atoms with Crippen LogP contribution in [0.15, 0.2) is 24.3 Å². The third kappa shape index (κ3) is 9.85. The summed E-state index contributed by atoms with van der Waals surface area (Å²) in [6.45, 7) is 9.09. The molecule has 0 aromatic heterocycles. The second-order valence-electron chi connectivity index (χ2n) is 7.06. The quantitative estimate of drug-likeness (QED) is 0.357. The lowest BCUT2D eigenvalue weighted by molar-refractivity contribution is 0.0481. The van der Waals surface area contributed by atoms with Crippen LogP contribution < -0.4 is 0 Å². The van der Waals surface area contributed by atoms with Gasteiger partial charge < -0.3 is 19.3 Å². The van der Waals surface area contributed by atoms with Gasteiger partial charge >= 0.3 is 11.9 Å². The van der Waals surface area contributed by atoms with E-state index >= 15 is 0 Å². The van der Waals surface area contributed by atoms with Crippen molar-refractivity contribution in [1.82, 2.24) is 9.80 Å². The molecule has 0 radical (unpaired) electrons. The summed E-state index contributed by atoms with van der Waals surface area (Å²) in [5, 5.41) is 0. The van der Waals surface area contributed by atoms with E-state index < -0.39 is 0 Å². The van der Waals surface area contributed by atoms with Crippen LogP contribution in [0.1, 0.15) is 60.2 Å². The zero-order valence-electron chi connectivity index (χ0n) is 17.9. The van der Waals surface area contributed by atoms with Gasteiger partial charge in [-0.3, -0.25) is 0 Å². The monoisotopic (exact) mass is 392 g/mol. The molecule has 158 valence electrons. The van der Waals surface area contributed by atoms with Crippen LogP contribution in [0.5, 0.6) is 0 Å². The molecule has 0 heterocycles. The van der Waals surface area contributed by atoms with Crippen LogP contribution >= 0.6 is 0 Å². The average Bonchev–Trinajstić information content (AvgIpc) is 2.72. The Morgan fingerprint density at radius 2 is 1.07 bits per heavy atom.